The number of piperidine rings is 1. The second-order valence-electron chi connectivity index (χ2n) is 6.56. The Kier molecular flexibility index (Phi) is 4.33. The SMILES string of the molecule is O=C(c1cc(F)c(F)c(F)c1)N1CCC(n2cnc3ccc(F)cc32)CC1. The molecule has 4 rings (SSSR count). The zero-order chi connectivity index (χ0) is 19.1. The number of hydrogen-bond donors (Lipinski definition) is 0. The molecule has 4 nitrogen and oxygen atoms in total. The van der Waals surface area contributed by atoms with E-state index in [0.29, 0.717) is 49.1 Å². The van der Waals surface area contributed by atoms with Crippen molar-refractivity contribution < 1.29 is 22.4 Å². The summed E-state index contributed by atoms with van der Waals surface area (Å²) in [6.45, 7) is 0.720. The fraction of sp³-hybridized carbons (Fsp3) is 0.263. The van der Waals surface area contributed by atoms with E-state index in [1.807, 2.05) is 4.57 Å². The summed E-state index contributed by atoms with van der Waals surface area (Å²) in [5, 5.41) is 0. The van der Waals surface area contributed by atoms with Gasteiger partial charge in [-0.1, -0.05) is 0 Å². The lowest BCUT2D eigenvalue weighted by atomic mass is 10.0. The van der Waals surface area contributed by atoms with Crippen molar-refractivity contribution in [2.45, 2.75) is 18.9 Å². The Morgan fingerprint density at radius 3 is 2.33 bits per heavy atom. The van der Waals surface area contributed by atoms with Crippen LogP contribution in [0.3, 0.4) is 0 Å². The molecular weight excluding hydrogens is 362 g/mol. The van der Waals surface area contributed by atoms with E-state index in [9.17, 15) is 22.4 Å². The molecule has 1 aromatic heterocycles. The highest BCUT2D eigenvalue weighted by atomic mass is 19.2. The minimum atomic E-state index is -1.59. The van der Waals surface area contributed by atoms with Crippen LogP contribution in [0.1, 0.15) is 29.2 Å². The first-order valence-electron chi connectivity index (χ1n) is 8.50. The summed E-state index contributed by atoms with van der Waals surface area (Å²) >= 11 is 0. The van der Waals surface area contributed by atoms with Gasteiger partial charge in [-0.25, -0.2) is 22.5 Å². The Morgan fingerprint density at radius 1 is 1.00 bits per heavy atom. The molecule has 0 bridgehead atoms. The topological polar surface area (TPSA) is 38.1 Å². The van der Waals surface area contributed by atoms with E-state index in [2.05, 4.69) is 4.98 Å². The number of carbonyl (C=O) groups is 1. The summed E-state index contributed by atoms with van der Waals surface area (Å²) in [5.74, 6) is -5.27. The van der Waals surface area contributed by atoms with Crippen LogP contribution in [0.2, 0.25) is 0 Å². The summed E-state index contributed by atoms with van der Waals surface area (Å²) in [7, 11) is 0. The van der Waals surface area contributed by atoms with Gasteiger partial charge in [-0.15, -0.1) is 0 Å². The van der Waals surface area contributed by atoms with Crippen molar-refractivity contribution in [1.29, 1.82) is 0 Å². The molecule has 2 heterocycles. The molecule has 1 amide bonds. The summed E-state index contributed by atoms with van der Waals surface area (Å²) in [6, 6.07) is 5.82. The van der Waals surface area contributed by atoms with E-state index in [1.165, 1.54) is 17.0 Å². The van der Waals surface area contributed by atoms with Gasteiger partial charge in [0.15, 0.2) is 17.5 Å². The van der Waals surface area contributed by atoms with Crippen molar-refractivity contribution in [2.75, 3.05) is 13.1 Å². The predicted octanol–water partition coefficient (Wildman–Crippen LogP) is 4.07. The van der Waals surface area contributed by atoms with Gasteiger partial charge < -0.3 is 9.47 Å². The summed E-state index contributed by atoms with van der Waals surface area (Å²) in [6.07, 6.45) is 2.82. The third-order valence-corrected chi connectivity index (χ3v) is 4.91. The largest absolute Gasteiger partial charge is 0.338 e. The average molecular weight is 377 g/mol. The number of rotatable bonds is 2. The molecule has 1 saturated heterocycles. The van der Waals surface area contributed by atoms with Crippen molar-refractivity contribution >= 4 is 16.9 Å². The monoisotopic (exact) mass is 377 g/mol. The molecule has 2 aromatic carbocycles. The Balaban J connectivity index is 1.50. The molecule has 1 fully saturated rings. The number of carbonyl (C=O) groups excluding carboxylic acids is 1. The molecule has 0 spiro atoms. The number of nitrogens with zero attached hydrogens (tertiary/aromatic N) is 3. The molecule has 0 N–H and O–H groups in total. The highest BCUT2D eigenvalue weighted by molar-refractivity contribution is 5.94. The predicted molar refractivity (Wildman–Crippen MR) is 90.2 cm³/mol. The van der Waals surface area contributed by atoms with E-state index in [-0.39, 0.29) is 17.4 Å². The van der Waals surface area contributed by atoms with Gasteiger partial charge in [0, 0.05) is 24.7 Å². The molecule has 0 unspecified atom stereocenters. The lowest BCUT2D eigenvalue weighted by Gasteiger charge is -2.33. The van der Waals surface area contributed by atoms with E-state index >= 15 is 0 Å². The second kappa shape index (κ2) is 6.68. The number of likely N-dealkylation sites (tertiary alicyclic amines) is 1. The summed E-state index contributed by atoms with van der Waals surface area (Å²) in [4.78, 5) is 18.2. The van der Waals surface area contributed by atoms with Gasteiger partial charge in [0.2, 0.25) is 0 Å². The standard InChI is InChI=1S/C19H15F4N3O/c20-12-1-2-16-17(9-12)26(10-24-16)13-3-5-25(6-4-13)19(27)11-7-14(21)18(23)15(22)8-11/h1-2,7-10,13H,3-6H2. The first kappa shape index (κ1) is 17.5. The average Bonchev–Trinajstić information content (AvgIpc) is 3.08. The maximum atomic E-state index is 13.5. The van der Waals surface area contributed by atoms with Crippen LogP contribution < -0.4 is 0 Å². The zero-order valence-electron chi connectivity index (χ0n) is 14.1. The fourth-order valence-corrected chi connectivity index (χ4v) is 3.50. The normalized spacial score (nSPS) is 15.5. The maximum absolute atomic E-state index is 13.5. The molecular formula is C19H15F4N3O. The van der Waals surface area contributed by atoms with Crippen molar-refractivity contribution in [2.24, 2.45) is 0 Å². The van der Waals surface area contributed by atoms with Crippen LogP contribution in [-0.2, 0) is 0 Å². The number of hydrogen-bond acceptors (Lipinski definition) is 2. The number of amides is 1. The smallest absolute Gasteiger partial charge is 0.254 e. The molecule has 0 atom stereocenters. The Hall–Kier alpha value is -2.90. The van der Waals surface area contributed by atoms with Gasteiger partial charge in [0.25, 0.3) is 5.91 Å². The van der Waals surface area contributed by atoms with Crippen molar-refractivity contribution in [3.63, 3.8) is 0 Å². The minimum Gasteiger partial charge on any atom is -0.338 e. The van der Waals surface area contributed by atoms with Gasteiger partial charge in [-0.2, -0.15) is 0 Å². The van der Waals surface area contributed by atoms with Crippen LogP contribution in [0.25, 0.3) is 11.0 Å². The van der Waals surface area contributed by atoms with E-state index < -0.39 is 23.4 Å². The van der Waals surface area contributed by atoms with Crippen LogP contribution >= 0.6 is 0 Å². The number of fused-ring (bicyclic) bond motifs is 1. The van der Waals surface area contributed by atoms with E-state index in [4.69, 9.17) is 0 Å². The maximum Gasteiger partial charge on any atom is 0.254 e. The second-order valence-corrected chi connectivity index (χ2v) is 6.56. The highest BCUT2D eigenvalue weighted by Crippen LogP contribution is 2.28. The van der Waals surface area contributed by atoms with Crippen LogP contribution in [0, 0.1) is 23.3 Å². The van der Waals surface area contributed by atoms with Crippen molar-refractivity contribution in [3.05, 3.63) is 65.5 Å². The molecule has 3 aromatic rings. The fourth-order valence-electron chi connectivity index (χ4n) is 3.50. The molecule has 8 heteroatoms. The molecule has 1 aliphatic heterocycles. The Bertz CT molecular complexity index is 1000. The lowest BCUT2D eigenvalue weighted by molar-refractivity contribution is 0.0694. The quantitative estimate of drug-likeness (QED) is 0.499. The Labute approximate surface area is 152 Å². The third-order valence-electron chi connectivity index (χ3n) is 4.91. The molecule has 0 aliphatic carbocycles. The van der Waals surface area contributed by atoms with Gasteiger partial charge in [0.05, 0.1) is 17.4 Å². The van der Waals surface area contributed by atoms with Crippen LogP contribution in [0.5, 0.6) is 0 Å². The number of aromatic nitrogens is 2. The number of benzene rings is 2. The molecule has 140 valence electrons. The van der Waals surface area contributed by atoms with Gasteiger partial charge in [0.1, 0.15) is 5.82 Å². The first-order chi connectivity index (χ1) is 12.9. The summed E-state index contributed by atoms with van der Waals surface area (Å²) in [5.41, 5.74) is 1.15. The minimum absolute atomic E-state index is 0.0301. The lowest BCUT2D eigenvalue weighted by Crippen LogP contribution is -2.39. The van der Waals surface area contributed by atoms with E-state index in [0.717, 1.165) is 0 Å². The van der Waals surface area contributed by atoms with Crippen molar-refractivity contribution in [3.8, 4) is 0 Å². The molecule has 0 saturated carbocycles. The van der Waals surface area contributed by atoms with Crippen molar-refractivity contribution in [1.82, 2.24) is 14.5 Å². The van der Waals surface area contributed by atoms with E-state index in [1.54, 1.807) is 12.4 Å². The van der Waals surface area contributed by atoms with Gasteiger partial charge in [-0.05, 0) is 43.2 Å². The number of halogens is 4. The van der Waals surface area contributed by atoms with Crippen LogP contribution in [0.15, 0.2) is 36.7 Å². The first-order valence-corrected chi connectivity index (χ1v) is 8.50. The molecule has 1 aliphatic rings. The van der Waals surface area contributed by atoms with Crippen LogP contribution in [-0.4, -0.2) is 33.4 Å². The van der Waals surface area contributed by atoms with Crippen LogP contribution in [0.4, 0.5) is 17.6 Å². The molecule has 27 heavy (non-hydrogen) atoms. The molecule has 0 radical (unpaired) electrons. The Morgan fingerprint density at radius 2 is 1.67 bits per heavy atom. The van der Waals surface area contributed by atoms with Gasteiger partial charge >= 0.3 is 0 Å². The highest BCUT2D eigenvalue weighted by Gasteiger charge is 2.26. The summed E-state index contributed by atoms with van der Waals surface area (Å²) < 4.78 is 55.2. The third kappa shape index (κ3) is 3.15. The van der Waals surface area contributed by atoms with Gasteiger partial charge in [-0.3, -0.25) is 4.79 Å². The number of imidazole rings is 1. The zero-order valence-corrected chi connectivity index (χ0v) is 14.1.